The molecular formula is C16H22O5S. The molecule has 122 valence electrons. The Morgan fingerprint density at radius 2 is 1.68 bits per heavy atom. The molecule has 0 bridgehead atoms. The summed E-state index contributed by atoms with van der Waals surface area (Å²) in [4.78, 5) is 0.199. The average Bonchev–Trinajstić information content (AvgIpc) is 2.90. The number of ether oxygens (including phenoxy) is 2. The summed E-state index contributed by atoms with van der Waals surface area (Å²) < 4.78 is 41.2. The van der Waals surface area contributed by atoms with Crippen LogP contribution in [0.15, 0.2) is 29.2 Å². The summed E-state index contributed by atoms with van der Waals surface area (Å²) in [5.74, 6) is -0.388. The monoisotopic (exact) mass is 326 g/mol. The third-order valence-corrected chi connectivity index (χ3v) is 5.48. The molecule has 6 heteroatoms. The second-order valence-corrected chi connectivity index (χ2v) is 8.22. The van der Waals surface area contributed by atoms with Crippen molar-refractivity contribution in [3.63, 3.8) is 0 Å². The fourth-order valence-corrected chi connectivity index (χ4v) is 4.13. The van der Waals surface area contributed by atoms with Crippen LogP contribution in [0.3, 0.4) is 0 Å². The summed E-state index contributed by atoms with van der Waals surface area (Å²) in [6.07, 6.45) is 1.64. The number of rotatable bonds is 4. The zero-order chi connectivity index (χ0) is 16.0. The maximum Gasteiger partial charge on any atom is 0.296 e. The second-order valence-electron chi connectivity index (χ2n) is 6.60. The summed E-state index contributed by atoms with van der Waals surface area (Å²) in [5, 5.41) is 0. The van der Waals surface area contributed by atoms with Crippen LogP contribution in [-0.2, 0) is 23.8 Å². The topological polar surface area (TPSA) is 61.8 Å². The lowest BCUT2D eigenvalue weighted by atomic mass is 10.1. The molecule has 1 heterocycles. The van der Waals surface area contributed by atoms with Gasteiger partial charge in [0.1, 0.15) is 0 Å². The van der Waals surface area contributed by atoms with Crippen molar-refractivity contribution in [2.75, 3.05) is 6.61 Å². The Hall–Kier alpha value is -0.950. The molecule has 3 atom stereocenters. The zero-order valence-corrected chi connectivity index (χ0v) is 13.9. The highest BCUT2D eigenvalue weighted by atomic mass is 32.2. The Morgan fingerprint density at radius 1 is 1.14 bits per heavy atom. The molecule has 1 unspecified atom stereocenters. The predicted molar refractivity (Wildman–Crippen MR) is 80.9 cm³/mol. The molecule has 1 aliphatic heterocycles. The van der Waals surface area contributed by atoms with Gasteiger partial charge in [-0.3, -0.25) is 4.18 Å². The molecule has 22 heavy (non-hydrogen) atoms. The van der Waals surface area contributed by atoms with Gasteiger partial charge >= 0.3 is 0 Å². The first kappa shape index (κ1) is 15.9. The molecule has 1 aromatic carbocycles. The van der Waals surface area contributed by atoms with E-state index >= 15 is 0 Å². The predicted octanol–water partition coefficient (Wildman–Crippen LogP) is 2.63. The fourth-order valence-electron chi connectivity index (χ4n) is 3.16. The molecule has 2 aliphatic rings. The van der Waals surface area contributed by atoms with Crippen LogP contribution < -0.4 is 0 Å². The van der Waals surface area contributed by atoms with Gasteiger partial charge in [-0.1, -0.05) is 17.7 Å². The van der Waals surface area contributed by atoms with E-state index in [0.29, 0.717) is 0 Å². The van der Waals surface area contributed by atoms with Gasteiger partial charge in [-0.15, -0.1) is 0 Å². The lowest BCUT2D eigenvalue weighted by Crippen LogP contribution is -2.24. The molecule has 0 radical (unpaired) electrons. The fraction of sp³-hybridized carbons (Fsp3) is 0.625. The van der Waals surface area contributed by atoms with Crippen molar-refractivity contribution >= 4 is 10.1 Å². The van der Waals surface area contributed by atoms with Crippen LogP contribution >= 0.6 is 0 Å². The Morgan fingerprint density at radius 3 is 2.23 bits per heavy atom. The molecule has 3 rings (SSSR count). The number of benzene rings is 1. The van der Waals surface area contributed by atoms with Crippen LogP contribution in [0.2, 0.25) is 0 Å². The van der Waals surface area contributed by atoms with Crippen LogP contribution in [0.25, 0.3) is 0 Å². The van der Waals surface area contributed by atoms with Gasteiger partial charge in [-0.05, 0) is 51.7 Å². The van der Waals surface area contributed by atoms with Crippen molar-refractivity contribution < 1.29 is 22.1 Å². The van der Waals surface area contributed by atoms with E-state index in [1.54, 1.807) is 24.3 Å². The van der Waals surface area contributed by atoms with E-state index < -0.39 is 15.9 Å². The number of hydrogen-bond acceptors (Lipinski definition) is 5. The molecule has 0 N–H and O–H groups in total. The van der Waals surface area contributed by atoms with Gasteiger partial charge in [0.05, 0.1) is 23.7 Å². The largest absolute Gasteiger partial charge is 0.345 e. The molecule has 1 aliphatic carbocycles. The van der Waals surface area contributed by atoms with Crippen LogP contribution in [0.4, 0.5) is 0 Å². The maximum atomic E-state index is 12.2. The van der Waals surface area contributed by atoms with E-state index in [0.717, 1.165) is 18.4 Å². The Balaban J connectivity index is 1.57. The van der Waals surface area contributed by atoms with Crippen molar-refractivity contribution in [1.29, 1.82) is 0 Å². The molecule has 1 saturated carbocycles. The molecule has 0 spiro atoms. The van der Waals surface area contributed by atoms with Crippen molar-refractivity contribution in [2.24, 2.45) is 5.92 Å². The second kappa shape index (κ2) is 5.60. The lowest BCUT2D eigenvalue weighted by molar-refractivity contribution is -0.154. The maximum absolute atomic E-state index is 12.2. The SMILES string of the molecule is Cc1ccc(S(=O)(=O)OCC2C[C@@H]3OC(C)(C)O[C@@H]3C2)cc1. The average molecular weight is 326 g/mol. The quantitative estimate of drug-likeness (QED) is 0.796. The van der Waals surface area contributed by atoms with E-state index in [2.05, 4.69) is 0 Å². The van der Waals surface area contributed by atoms with Gasteiger partial charge in [0.25, 0.3) is 10.1 Å². The van der Waals surface area contributed by atoms with Crippen LogP contribution in [0, 0.1) is 12.8 Å². The first-order valence-electron chi connectivity index (χ1n) is 7.57. The van der Waals surface area contributed by atoms with Gasteiger partial charge in [-0.25, -0.2) is 0 Å². The summed E-state index contributed by atoms with van der Waals surface area (Å²) in [7, 11) is -3.69. The highest BCUT2D eigenvalue weighted by Gasteiger charge is 2.47. The number of aryl methyl sites for hydroxylation is 1. The van der Waals surface area contributed by atoms with Gasteiger partial charge < -0.3 is 9.47 Å². The highest BCUT2D eigenvalue weighted by Crippen LogP contribution is 2.41. The smallest absolute Gasteiger partial charge is 0.296 e. The summed E-state index contributed by atoms with van der Waals surface area (Å²) in [6.45, 7) is 5.89. The molecule has 2 fully saturated rings. The minimum atomic E-state index is -3.69. The summed E-state index contributed by atoms with van der Waals surface area (Å²) >= 11 is 0. The Kier molecular flexibility index (Phi) is 4.05. The van der Waals surface area contributed by atoms with E-state index in [4.69, 9.17) is 13.7 Å². The summed E-state index contributed by atoms with van der Waals surface area (Å²) in [5.41, 5.74) is 1.01. The third kappa shape index (κ3) is 3.35. The van der Waals surface area contributed by atoms with E-state index in [1.165, 1.54) is 0 Å². The van der Waals surface area contributed by atoms with E-state index in [9.17, 15) is 8.42 Å². The lowest BCUT2D eigenvalue weighted by Gasteiger charge is -2.20. The first-order chi connectivity index (χ1) is 10.3. The molecule has 0 aromatic heterocycles. The van der Waals surface area contributed by atoms with Crippen LogP contribution in [-0.4, -0.2) is 33.0 Å². The van der Waals surface area contributed by atoms with Crippen molar-refractivity contribution in [3.8, 4) is 0 Å². The van der Waals surface area contributed by atoms with Crippen molar-refractivity contribution in [1.82, 2.24) is 0 Å². The standard InChI is InChI=1S/C16H22O5S/c1-11-4-6-13(7-5-11)22(17,18)19-10-12-8-14-15(9-12)21-16(2,3)20-14/h4-7,12,14-15H,8-10H2,1-3H3/t12?,14-,15+. The third-order valence-electron chi connectivity index (χ3n) is 4.18. The van der Waals surface area contributed by atoms with Crippen molar-refractivity contribution in [2.45, 2.75) is 56.5 Å². The first-order valence-corrected chi connectivity index (χ1v) is 8.98. The summed E-state index contributed by atoms with van der Waals surface area (Å²) in [6, 6.07) is 6.67. The van der Waals surface area contributed by atoms with Gasteiger partial charge in [-0.2, -0.15) is 8.42 Å². The number of fused-ring (bicyclic) bond motifs is 1. The highest BCUT2D eigenvalue weighted by molar-refractivity contribution is 7.86. The van der Waals surface area contributed by atoms with E-state index in [-0.39, 0.29) is 29.6 Å². The molecule has 5 nitrogen and oxygen atoms in total. The minimum absolute atomic E-state index is 0.0469. The van der Waals surface area contributed by atoms with Crippen LogP contribution in [0.1, 0.15) is 32.3 Å². The zero-order valence-electron chi connectivity index (χ0n) is 13.1. The van der Waals surface area contributed by atoms with E-state index in [1.807, 2.05) is 20.8 Å². The van der Waals surface area contributed by atoms with Crippen LogP contribution in [0.5, 0.6) is 0 Å². The normalized spacial score (nSPS) is 30.4. The molecular weight excluding hydrogens is 304 g/mol. The Labute approximate surface area is 131 Å². The number of hydrogen-bond donors (Lipinski definition) is 0. The van der Waals surface area contributed by atoms with Gasteiger partial charge in [0.15, 0.2) is 5.79 Å². The molecule has 1 aromatic rings. The van der Waals surface area contributed by atoms with Crippen molar-refractivity contribution in [3.05, 3.63) is 29.8 Å². The molecule has 1 saturated heterocycles. The molecule has 0 amide bonds. The van der Waals surface area contributed by atoms with Gasteiger partial charge in [0.2, 0.25) is 0 Å². The minimum Gasteiger partial charge on any atom is -0.345 e. The van der Waals surface area contributed by atoms with Gasteiger partial charge in [0, 0.05) is 0 Å². The Bertz CT molecular complexity index is 619.